The van der Waals surface area contributed by atoms with Gasteiger partial charge in [0, 0.05) is 16.9 Å². The van der Waals surface area contributed by atoms with E-state index in [0.717, 1.165) is 17.1 Å². The van der Waals surface area contributed by atoms with Crippen LogP contribution in [0.1, 0.15) is 22.3 Å². The number of nitrogens with zero attached hydrogens (tertiary/aromatic N) is 1. The van der Waals surface area contributed by atoms with E-state index in [2.05, 4.69) is 266 Å². The lowest BCUT2D eigenvalue weighted by Gasteiger charge is -2.34. The quantitative estimate of drug-likeness (QED) is 0.145. The second kappa shape index (κ2) is 15.3. The van der Waals surface area contributed by atoms with E-state index in [-0.39, 0.29) is 0 Å². The van der Waals surface area contributed by atoms with Gasteiger partial charge in [0.1, 0.15) is 0 Å². The first kappa shape index (κ1) is 38.0. The van der Waals surface area contributed by atoms with Gasteiger partial charge in [0.15, 0.2) is 0 Å². The van der Waals surface area contributed by atoms with Gasteiger partial charge in [0.2, 0.25) is 0 Å². The maximum atomic E-state index is 2.48. The summed E-state index contributed by atoms with van der Waals surface area (Å²) in [6.45, 7) is 0. The van der Waals surface area contributed by atoms with Crippen molar-refractivity contribution in [3.05, 3.63) is 283 Å². The number of fused-ring (bicyclic) bond motifs is 10. The molecule has 0 heterocycles. The van der Waals surface area contributed by atoms with Crippen molar-refractivity contribution < 1.29 is 0 Å². The monoisotopic (exact) mass is 837 g/mol. The maximum absolute atomic E-state index is 2.48. The van der Waals surface area contributed by atoms with E-state index in [4.69, 9.17) is 0 Å². The maximum Gasteiger partial charge on any atom is 0.0713 e. The molecule has 12 aromatic carbocycles. The standard InChI is InChI=1S/C65H43N/c1-4-19-46(20-5-1)64-52-25-11-10-18-45(52)35-41-63(64)66(50-36-32-44(33-37-50)47-34-39-57-55-28-13-12-26-53(55)54-27-14-15-29-56(54)59(57)42-47)51-38-40-62-60(43-51)58-30-16-17-31-61(58)65(62,48-21-6-2-7-22-48)49-23-8-3-9-24-49/h1-43H. The van der Waals surface area contributed by atoms with Crippen LogP contribution >= 0.6 is 0 Å². The summed E-state index contributed by atoms with van der Waals surface area (Å²) in [7, 11) is 0. The molecule has 0 fully saturated rings. The second-order valence-corrected chi connectivity index (χ2v) is 17.5. The first-order chi connectivity index (χ1) is 32.8. The van der Waals surface area contributed by atoms with Crippen molar-refractivity contribution >= 4 is 60.2 Å². The number of hydrogen-bond acceptors (Lipinski definition) is 1. The average Bonchev–Trinajstić information content (AvgIpc) is 3.70. The molecule has 1 nitrogen and oxygen atoms in total. The van der Waals surface area contributed by atoms with Crippen molar-refractivity contribution in [1.29, 1.82) is 0 Å². The summed E-state index contributed by atoms with van der Waals surface area (Å²) in [5.41, 5.74) is 15.2. The molecule has 0 aliphatic heterocycles. The molecular weight excluding hydrogens is 795 g/mol. The van der Waals surface area contributed by atoms with E-state index < -0.39 is 5.41 Å². The Hall–Kier alpha value is -8.52. The Morgan fingerprint density at radius 2 is 0.773 bits per heavy atom. The smallest absolute Gasteiger partial charge is 0.0713 e. The zero-order chi connectivity index (χ0) is 43.6. The molecule has 1 aliphatic rings. The van der Waals surface area contributed by atoms with Crippen molar-refractivity contribution in [2.75, 3.05) is 4.90 Å². The van der Waals surface area contributed by atoms with Crippen LogP contribution in [0.3, 0.4) is 0 Å². The molecule has 0 spiro atoms. The molecule has 0 unspecified atom stereocenters. The van der Waals surface area contributed by atoms with E-state index in [0.29, 0.717) is 0 Å². The predicted octanol–water partition coefficient (Wildman–Crippen LogP) is 17.5. The minimum absolute atomic E-state index is 0.477. The van der Waals surface area contributed by atoms with E-state index in [1.807, 2.05) is 0 Å². The van der Waals surface area contributed by atoms with Crippen LogP contribution in [0, 0.1) is 0 Å². The third kappa shape index (κ3) is 5.80. The average molecular weight is 838 g/mol. The van der Waals surface area contributed by atoms with Crippen LogP contribution in [-0.2, 0) is 5.41 Å². The Kier molecular flexibility index (Phi) is 8.82. The second-order valence-electron chi connectivity index (χ2n) is 17.5. The molecule has 0 atom stereocenters. The SMILES string of the molecule is c1ccc(-c2c(N(c3ccc(-c4ccc5c6ccccc6c6ccccc6c5c4)cc3)c3ccc4c(c3)-c3ccccc3C4(c3ccccc3)c3ccccc3)ccc3ccccc23)cc1. The van der Waals surface area contributed by atoms with Gasteiger partial charge < -0.3 is 4.90 Å². The zero-order valence-electron chi connectivity index (χ0n) is 36.3. The minimum Gasteiger partial charge on any atom is -0.310 e. The van der Waals surface area contributed by atoms with E-state index >= 15 is 0 Å². The number of hydrogen-bond donors (Lipinski definition) is 0. The molecule has 1 aliphatic carbocycles. The summed E-state index contributed by atoms with van der Waals surface area (Å²) >= 11 is 0. The highest BCUT2D eigenvalue weighted by molar-refractivity contribution is 6.25. The minimum atomic E-state index is -0.477. The number of anilines is 3. The van der Waals surface area contributed by atoms with Gasteiger partial charge in [-0.15, -0.1) is 0 Å². The number of benzene rings is 12. The molecular formula is C65H43N. The Labute approximate surface area is 385 Å². The highest BCUT2D eigenvalue weighted by Crippen LogP contribution is 2.57. The molecule has 0 radical (unpaired) electrons. The molecule has 1 heteroatoms. The molecule has 0 saturated carbocycles. The molecule has 12 aromatic rings. The highest BCUT2D eigenvalue weighted by atomic mass is 15.1. The normalized spacial score (nSPS) is 12.7. The highest BCUT2D eigenvalue weighted by Gasteiger charge is 2.46. The van der Waals surface area contributed by atoms with Crippen molar-refractivity contribution in [1.82, 2.24) is 0 Å². The summed E-state index contributed by atoms with van der Waals surface area (Å²) in [6, 6.07) is 96.4. The molecule has 0 saturated heterocycles. The lowest BCUT2D eigenvalue weighted by Crippen LogP contribution is -2.28. The summed E-state index contributed by atoms with van der Waals surface area (Å²) in [5.74, 6) is 0. The summed E-state index contributed by atoms with van der Waals surface area (Å²) in [5, 5.41) is 10.1. The van der Waals surface area contributed by atoms with Crippen molar-refractivity contribution in [2.24, 2.45) is 0 Å². The fourth-order valence-corrected chi connectivity index (χ4v) is 11.2. The summed E-state index contributed by atoms with van der Waals surface area (Å²) in [6.07, 6.45) is 0. The third-order valence-electron chi connectivity index (χ3n) is 14.1. The molecule has 0 bridgehead atoms. The third-order valence-corrected chi connectivity index (χ3v) is 14.1. The van der Waals surface area contributed by atoms with E-state index in [1.165, 1.54) is 98.7 Å². The van der Waals surface area contributed by atoms with Gasteiger partial charge in [-0.3, -0.25) is 0 Å². The lowest BCUT2D eigenvalue weighted by molar-refractivity contribution is 0.768. The van der Waals surface area contributed by atoms with Crippen LogP contribution in [0.4, 0.5) is 17.1 Å². The van der Waals surface area contributed by atoms with Crippen molar-refractivity contribution in [2.45, 2.75) is 5.41 Å². The van der Waals surface area contributed by atoms with E-state index in [9.17, 15) is 0 Å². The Balaban J connectivity index is 1.03. The van der Waals surface area contributed by atoms with Gasteiger partial charge in [0.05, 0.1) is 11.1 Å². The number of rotatable bonds is 7. The van der Waals surface area contributed by atoms with E-state index in [1.54, 1.807) is 0 Å². The zero-order valence-corrected chi connectivity index (χ0v) is 36.3. The lowest BCUT2D eigenvalue weighted by atomic mass is 9.68. The van der Waals surface area contributed by atoms with Gasteiger partial charge in [-0.1, -0.05) is 224 Å². The molecule has 13 rings (SSSR count). The van der Waals surface area contributed by atoms with Gasteiger partial charge in [-0.2, -0.15) is 0 Å². The predicted molar refractivity (Wildman–Crippen MR) is 279 cm³/mol. The molecule has 0 aromatic heterocycles. The molecule has 0 amide bonds. The van der Waals surface area contributed by atoms with Gasteiger partial charge >= 0.3 is 0 Å². The van der Waals surface area contributed by atoms with Crippen LogP contribution in [0.5, 0.6) is 0 Å². The fraction of sp³-hybridized carbons (Fsp3) is 0.0154. The topological polar surface area (TPSA) is 3.24 Å². The fourth-order valence-electron chi connectivity index (χ4n) is 11.2. The van der Waals surface area contributed by atoms with Crippen LogP contribution in [-0.4, -0.2) is 0 Å². The van der Waals surface area contributed by atoms with Crippen LogP contribution in [0.25, 0.3) is 76.5 Å². The van der Waals surface area contributed by atoms with Crippen LogP contribution in [0.2, 0.25) is 0 Å². The molecule has 66 heavy (non-hydrogen) atoms. The van der Waals surface area contributed by atoms with Crippen LogP contribution in [0.15, 0.2) is 261 Å². The van der Waals surface area contributed by atoms with Gasteiger partial charge in [-0.05, 0) is 130 Å². The molecule has 0 N–H and O–H groups in total. The Bertz CT molecular complexity index is 3720. The van der Waals surface area contributed by atoms with Crippen molar-refractivity contribution in [3.8, 4) is 33.4 Å². The van der Waals surface area contributed by atoms with Crippen molar-refractivity contribution in [3.63, 3.8) is 0 Å². The van der Waals surface area contributed by atoms with Gasteiger partial charge in [0.25, 0.3) is 0 Å². The van der Waals surface area contributed by atoms with Crippen LogP contribution < -0.4 is 4.90 Å². The largest absolute Gasteiger partial charge is 0.310 e. The Morgan fingerprint density at radius 1 is 0.273 bits per heavy atom. The summed E-state index contributed by atoms with van der Waals surface area (Å²) < 4.78 is 0. The first-order valence-electron chi connectivity index (χ1n) is 22.9. The Morgan fingerprint density at radius 3 is 1.44 bits per heavy atom. The van der Waals surface area contributed by atoms with Gasteiger partial charge in [-0.25, -0.2) is 0 Å². The molecule has 308 valence electrons. The summed E-state index contributed by atoms with van der Waals surface area (Å²) in [4.78, 5) is 2.48. The first-order valence-corrected chi connectivity index (χ1v) is 22.9.